The fraction of sp³-hybridized carbons (Fsp3) is 0.562. The molecule has 1 aromatic carbocycles. The van der Waals surface area contributed by atoms with Gasteiger partial charge in [-0.2, -0.15) is 0 Å². The van der Waals surface area contributed by atoms with E-state index in [1.165, 1.54) is 0 Å². The van der Waals surface area contributed by atoms with E-state index in [1.807, 2.05) is 4.90 Å². The van der Waals surface area contributed by atoms with Crippen molar-refractivity contribution in [3.63, 3.8) is 0 Å². The maximum absolute atomic E-state index is 12.6. The molecule has 0 unspecified atom stereocenters. The van der Waals surface area contributed by atoms with Gasteiger partial charge >= 0.3 is 6.03 Å². The third-order valence-electron chi connectivity index (χ3n) is 4.61. The second kappa shape index (κ2) is 6.85. The Morgan fingerprint density at radius 3 is 2.70 bits per heavy atom. The molecule has 1 N–H and O–H groups in total. The first-order valence-corrected chi connectivity index (χ1v) is 8.57. The zero-order valence-electron chi connectivity index (χ0n) is 13.1. The smallest absolute Gasteiger partial charge is 0.322 e. The van der Waals surface area contributed by atoms with Gasteiger partial charge in [0.1, 0.15) is 0 Å². The number of anilines is 1. The molecule has 126 valence electrons. The first kappa shape index (κ1) is 16.8. The Bertz CT molecular complexity index is 589. The third-order valence-corrected chi connectivity index (χ3v) is 5.15. The highest BCUT2D eigenvalue weighted by molar-refractivity contribution is 6.36. The molecule has 0 bridgehead atoms. The van der Waals surface area contributed by atoms with Crippen molar-refractivity contribution < 1.29 is 9.53 Å². The molecule has 0 atom stereocenters. The van der Waals surface area contributed by atoms with Crippen molar-refractivity contribution in [3.8, 4) is 0 Å². The molecule has 2 heterocycles. The fourth-order valence-corrected chi connectivity index (χ4v) is 3.59. The van der Waals surface area contributed by atoms with Crippen molar-refractivity contribution in [1.29, 1.82) is 0 Å². The summed E-state index contributed by atoms with van der Waals surface area (Å²) in [5.74, 6) is 0. The topological polar surface area (TPSA) is 44.8 Å². The molecule has 23 heavy (non-hydrogen) atoms. The van der Waals surface area contributed by atoms with Crippen LogP contribution in [0.15, 0.2) is 18.2 Å². The number of ether oxygens (including phenoxy) is 1. The van der Waals surface area contributed by atoms with Crippen LogP contribution in [0.3, 0.4) is 0 Å². The standard InChI is InChI=1S/C16H21Cl2N3O2/c1-20-6-4-16(5-7-20)11-21(8-9-23-16)15(22)19-14-3-2-12(17)10-13(14)18/h2-3,10H,4-9,11H2,1H3,(H,19,22). The molecule has 0 aromatic heterocycles. The van der Waals surface area contributed by atoms with Gasteiger partial charge in [0, 0.05) is 24.7 Å². The van der Waals surface area contributed by atoms with Crippen LogP contribution in [0.25, 0.3) is 0 Å². The van der Waals surface area contributed by atoms with E-state index in [0.717, 1.165) is 25.9 Å². The Balaban J connectivity index is 1.65. The van der Waals surface area contributed by atoms with Gasteiger partial charge in [0.05, 0.1) is 29.5 Å². The van der Waals surface area contributed by atoms with Gasteiger partial charge in [0.2, 0.25) is 0 Å². The second-order valence-electron chi connectivity index (χ2n) is 6.31. The molecule has 1 aromatic rings. The lowest BCUT2D eigenvalue weighted by atomic mass is 9.89. The average Bonchev–Trinajstić information content (AvgIpc) is 2.53. The van der Waals surface area contributed by atoms with E-state index >= 15 is 0 Å². The zero-order chi connectivity index (χ0) is 16.4. The van der Waals surface area contributed by atoms with Crippen molar-refractivity contribution in [3.05, 3.63) is 28.2 Å². The van der Waals surface area contributed by atoms with Gasteiger partial charge in [0.25, 0.3) is 0 Å². The van der Waals surface area contributed by atoms with Crippen LogP contribution >= 0.6 is 23.2 Å². The predicted molar refractivity (Wildman–Crippen MR) is 92.5 cm³/mol. The SMILES string of the molecule is CN1CCC2(CC1)CN(C(=O)Nc1ccc(Cl)cc1Cl)CCO2. The van der Waals surface area contributed by atoms with Crippen LogP contribution in [0.2, 0.25) is 10.0 Å². The minimum absolute atomic E-state index is 0.143. The molecule has 7 heteroatoms. The lowest BCUT2D eigenvalue weighted by molar-refractivity contribution is -0.123. The third kappa shape index (κ3) is 3.91. The lowest BCUT2D eigenvalue weighted by Gasteiger charge is -2.46. The Labute approximate surface area is 146 Å². The van der Waals surface area contributed by atoms with Crippen molar-refractivity contribution in [2.75, 3.05) is 45.2 Å². The number of rotatable bonds is 1. The summed E-state index contributed by atoms with van der Waals surface area (Å²) in [5.41, 5.74) is 0.372. The number of amides is 2. The number of carbonyl (C=O) groups is 1. The molecule has 2 amide bonds. The first-order chi connectivity index (χ1) is 11.0. The van der Waals surface area contributed by atoms with Crippen LogP contribution in [-0.2, 0) is 4.74 Å². The van der Waals surface area contributed by atoms with E-state index < -0.39 is 0 Å². The number of carbonyl (C=O) groups excluding carboxylic acids is 1. The van der Waals surface area contributed by atoms with Crippen LogP contribution in [0.4, 0.5) is 10.5 Å². The summed E-state index contributed by atoms with van der Waals surface area (Å²) in [6.45, 7) is 3.79. The van der Waals surface area contributed by atoms with Gasteiger partial charge in [-0.15, -0.1) is 0 Å². The highest BCUT2D eigenvalue weighted by atomic mass is 35.5. The number of hydrogen-bond acceptors (Lipinski definition) is 3. The van der Waals surface area contributed by atoms with Crippen LogP contribution in [0.5, 0.6) is 0 Å². The number of nitrogens with zero attached hydrogens (tertiary/aromatic N) is 2. The molecule has 3 rings (SSSR count). The molecule has 0 saturated carbocycles. The zero-order valence-corrected chi connectivity index (χ0v) is 14.7. The van der Waals surface area contributed by atoms with Gasteiger partial charge in [-0.1, -0.05) is 23.2 Å². The second-order valence-corrected chi connectivity index (χ2v) is 7.15. The predicted octanol–water partition coefficient (Wildman–Crippen LogP) is 3.32. The molecule has 0 aliphatic carbocycles. The van der Waals surface area contributed by atoms with Crippen LogP contribution in [0.1, 0.15) is 12.8 Å². The number of piperidine rings is 1. The monoisotopic (exact) mass is 357 g/mol. The van der Waals surface area contributed by atoms with E-state index in [0.29, 0.717) is 35.4 Å². The maximum atomic E-state index is 12.6. The number of halogens is 2. The van der Waals surface area contributed by atoms with Crippen LogP contribution < -0.4 is 5.32 Å². The minimum Gasteiger partial charge on any atom is -0.371 e. The summed E-state index contributed by atoms with van der Waals surface area (Å²) < 4.78 is 6.03. The van der Waals surface area contributed by atoms with Gasteiger partial charge in [-0.25, -0.2) is 4.79 Å². The Morgan fingerprint density at radius 2 is 2.00 bits per heavy atom. The Kier molecular flexibility index (Phi) is 5.01. The van der Waals surface area contributed by atoms with E-state index in [2.05, 4.69) is 17.3 Å². The largest absolute Gasteiger partial charge is 0.371 e. The number of morpholine rings is 1. The summed E-state index contributed by atoms with van der Waals surface area (Å²) in [7, 11) is 2.11. The van der Waals surface area contributed by atoms with Gasteiger partial charge < -0.3 is 19.9 Å². The summed E-state index contributed by atoms with van der Waals surface area (Å²) in [6, 6.07) is 4.90. The molecular weight excluding hydrogens is 337 g/mol. The quantitative estimate of drug-likeness (QED) is 0.838. The molecule has 5 nitrogen and oxygen atoms in total. The summed E-state index contributed by atoms with van der Waals surface area (Å²) in [6.07, 6.45) is 1.91. The molecule has 2 fully saturated rings. The summed E-state index contributed by atoms with van der Waals surface area (Å²) in [5, 5.41) is 3.85. The number of benzene rings is 1. The van der Waals surface area contributed by atoms with Crippen molar-refractivity contribution in [1.82, 2.24) is 9.80 Å². The van der Waals surface area contributed by atoms with Crippen molar-refractivity contribution >= 4 is 34.9 Å². The van der Waals surface area contributed by atoms with E-state index in [4.69, 9.17) is 27.9 Å². The first-order valence-electron chi connectivity index (χ1n) is 7.81. The van der Waals surface area contributed by atoms with Gasteiger partial charge in [-0.05, 0) is 38.1 Å². The number of hydrogen-bond donors (Lipinski definition) is 1. The normalized spacial score (nSPS) is 21.4. The number of nitrogens with one attached hydrogen (secondary N) is 1. The number of likely N-dealkylation sites (tertiary alicyclic amines) is 1. The molecule has 1 spiro atoms. The van der Waals surface area contributed by atoms with Crippen molar-refractivity contribution in [2.24, 2.45) is 0 Å². The molecular formula is C16H21Cl2N3O2. The fourth-order valence-electron chi connectivity index (χ4n) is 3.13. The van der Waals surface area contributed by atoms with Gasteiger partial charge in [0.15, 0.2) is 0 Å². The Hall–Kier alpha value is -1.01. The maximum Gasteiger partial charge on any atom is 0.322 e. The lowest BCUT2D eigenvalue weighted by Crippen LogP contribution is -2.58. The molecule has 0 radical (unpaired) electrons. The highest BCUT2D eigenvalue weighted by Crippen LogP contribution is 2.30. The van der Waals surface area contributed by atoms with Crippen LogP contribution in [-0.4, -0.2) is 61.3 Å². The van der Waals surface area contributed by atoms with E-state index in [-0.39, 0.29) is 11.6 Å². The van der Waals surface area contributed by atoms with E-state index in [1.54, 1.807) is 18.2 Å². The minimum atomic E-state index is -0.202. The summed E-state index contributed by atoms with van der Waals surface area (Å²) >= 11 is 12.0. The molecule has 2 aliphatic heterocycles. The summed E-state index contributed by atoms with van der Waals surface area (Å²) in [4.78, 5) is 16.7. The van der Waals surface area contributed by atoms with Crippen LogP contribution in [0, 0.1) is 0 Å². The average molecular weight is 358 g/mol. The Morgan fingerprint density at radius 1 is 1.26 bits per heavy atom. The molecule has 2 aliphatic rings. The number of urea groups is 1. The highest BCUT2D eigenvalue weighted by Gasteiger charge is 2.40. The molecule has 2 saturated heterocycles. The van der Waals surface area contributed by atoms with Gasteiger partial charge in [-0.3, -0.25) is 0 Å². The van der Waals surface area contributed by atoms with Crippen molar-refractivity contribution in [2.45, 2.75) is 18.4 Å². The van der Waals surface area contributed by atoms with E-state index in [9.17, 15) is 4.79 Å².